The number of halogens is 1. The van der Waals surface area contributed by atoms with Crippen LogP contribution in [0.4, 0.5) is 0 Å². The number of ether oxygens (including phenoxy) is 2. The van der Waals surface area contributed by atoms with Crippen molar-refractivity contribution in [2.24, 2.45) is 17.8 Å². The van der Waals surface area contributed by atoms with Gasteiger partial charge in [0.2, 0.25) is 0 Å². The van der Waals surface area contributed by atoms with E-state index in [4.69, 9.17) is 21.1 Å². The van der Waals surface area contributed by atoms with Crippen molar-refractivity contribution in [3.05, 3.63) is 34.9 Å². The Kier molecular flexibility index (Phi) is 5.33. The molecule has 130 valence electrons. The van der Waals surface area contributed by atoms with Crippen LogP contribution in [0.5, 0.6) is 0 Å². The Balaban J connectivity index is 2.42. The van der Waals surface area contributed by atoms with E-state index in [2.05, 4.69) is 0 Å². The fourth-order valence-electron chi connectivity index (χ4n) is 3.46. The molecule has 1 saturated heterocycles. The third-order valence-corrected chi connectivity index (χ3v) is 4.83. The van der Waals surface area contributed by atoms with Gasteiger partial charge in [0.05, 0.1) is 7.11 Å². The molecule has 1 fully saturated rings. The fourth-order valence-corrected chi connectivity index (χ4v) is 3.58. The SMILES string of the molecule is CCC(C(=O)c1ccc(Cl)cc1)C1C(C(=O)OC)C(=O)OC1(C)C. The molecule has 24 heavy (non-hydrogen) atoms. The number of Topliss-reactive ketones (excluding diaryl/α,β-unsaturated/α-hetero) is 1. The van der Waals surface area contributed by atoms with E-state index in [1.54, 1.807) is 38.1 Å². The van der Waals surface area contributed by atoms with E-state index in [1.165, 1.54) is 7.11 Å². The van der Waals surface area contributed by atoms with Crippen molar-refractivity contribution in [1.82, 2.24) is 0 Å². The van der Waals surface area contributed by atoms with Crippen LogP contribution < -0.4 is 0 Å². The first kappa shape index (κ1) is 18.5. The number of esters is 2. The molecule has 0 N–H and O–H groups in total. The van der Waals surface area contributed by atoms with Gasteiger partial charge in [0.15, 0.2) is 11.7 Å². The van der Waals surface area contributed by atoms with Crippen molar-refractivity contribution < 1.29 is 23.9 Å². The minimum atomic E-state index is -1.09. The van der Waals surface area contributed by atoms with Gasteiger partial charge in [-0.15, -0.1) is 0 Å². The molecule has 0 saturated carbocycles. The molecule has 3 unspecified atom stereocenters. The van der Waals surface area contributed by atoms with Gasteiger partial charge in [-0.2, -0.15) is 0 Å². The van der Waals surface area contributed by atoms with Crippen LogP contribution in [-0.4, -0.2) is 30.4 Å². The molecule has 0 aromatic heterocycles. The summed E-state index contributed by atoms with van der Waals surface area (Å²) in [5.74, 6) is -3.68. The maximum atomic E-state index is 13.0. The predicted molar refractivity (Wildman–Crippen MR) is 88.7 cm³/mol. The van der Waals surface area contributed by atoms with Gasteiger partial charge in [-0.1, -0.05) is 18.5 Å². The maximum absolute atomic E-state index is 13.0. The molecule has 1 aromatic rings. The zero-order chi connectivity index (χ0) is 18.1. The molecule has 1 aliphatic heterocycles. The third-order valence-electron chi connectivity index (χ3n) is 4.57. The molecule has 0 spiro atoms. The largest absolute Gasteiger partial charge is 0.468 e. The Morgan fingerprint density at radius 3 is 2.38 bits per heavy atom. The molecule has 1 aromatic carbocycles. The molecule has 2 rings (SSSR count). The second-order valence-corrected chi connectivity index (χ2v) is 6.87. The molecule has 1 aliphatic rings. The predicted octanol–water partition coefficient (Wildman–Crippen LogP) is 3.29. The second-order valence-electron chi connectivity index (χ2n) is 6.44. The van der Waals surface area contributed by atoms with Gasteiger partial charge >= 0.3 is 11.9 Å². The molecule has 1 heterocycles. The van der Waals surface area contributed by atoms with Gasteiger partial charge < -0.3 is 9.47 Å². The number of rotatable bonds is 5. The minimum Gasteiger partial charge on any atom is -0.468 e. The quantitative estimate of drug-likeness (QED) is 0.462. The van der Waals surface area contributed by atoms with Crippen molar-refractivity contribution in [3.8, 4) is 0 Å². The average molecular weight is 353 g/mol. The highest BCUT2D eigenvalue weighted by Gasteiger charge is 2.57. The van der Waals surface area contributed by atoms with Crippen molar-refractivity contribution in [1.29, 1.82) is 0 Å². The van der Waals surface area contributed by atoms with Crippen molar-refractivity contribution in [3.63, 3.8) is 0 Å². The van der Waals surface area contributed by atoms with Crippen LogP contribution in [0, 0.1) is 17.8 Å². The van der Waals surface area contributed by atoms with E-state index in [0.717, 1.165) is 0 Å². The summed E-state index contributed by atoms with van der Waals surface area (Å²) in [5, 5.41) is 0.534. The molecular weight excluding hydrogens is 332 g/mol. The van der Waals surface area contributed by atoms with Crippen molar-refractivity contribution in [2.75, 3.05) is 7.11 Å². The third kappa shape index (κ3) is 3.31. The van der Waals surface area contributed by atoms with Crippen LogP contribution >= 0.6 is 11.6 Å². The van der Waals surface area contributed by atoms with Gasteiger partial charge in [-0.3, -0.25) is 14.4 Å². The van der Waals surface area contributed by atoms with Crippen LogP contribution in [-0.2, 0) is 19.1 Å². The summed E-state index contributed by atoms with van der Waals surface area (Å²) >= 11 is 5.87. The topological polar surface area (TPSA) is 69.7 Å². The highest BCUT2D eigenvalue weighted by atomic mass is 35.5. The van der Waals surface area contributed by atoms with Gasteiger partial charge in [0, 0.05) is 22.4 Å². The van der Waals surface area contributed by atoms with E-state index in [9.17, 15) is 14.4 Å². The number of hydrogen-bond acceptors (Lipinski definition) is 5. The molecule has 3 atom stereocenters. The summed E-state index contributed by atoms with van der Waals surface area (Å²) in [6.07, 6.45) is 0.472. The number of carbonyl (C=O) groups is 3. The first-order valence-electron chi connectivity index (χ1n) is 7.83. The maximum Gasteiger partial charge on any atom is 0.321 e. The summed E-state index contributed by atoms with van der Waals surface area (Å²) in [6, 6.07) is 6.57. The Bertz CT molecular complexity index is 650. The van der Waals surface area contributed by atoms with E-state index in [1.807, 2.05) is 6.92 Å². The summed E-state index contributed by atoms with van der Waals surface area (Å²) in [6.45, 7) is 5.29. The van der Waals surface area contributed by atoms with Crippen LogP contribution in [0.15, 0.2) is 24.3 Å². The Labute approximate surface area is 146 Å². The molecule has 6 heteroatoms. The smallest absolute Gasteiger partial charge is 0.321 e. The number of benzene rings is 1. The number of methoxy groups -OCH3 is 1. The van der Waals surface area contributed by atoms with Crippen LogP contribution in [0.3, 0.4) is 0 Å². The average Bonchev–Trinajstić information content (AvgIpc) is 2.77. The Morgan fingerprint density at radius 1 is 1.29 bits per heavy atom. The molecular formula is C18H21ClO5. The fraction of sp³-hybridized carbons (Fsp3) is 0.500. The lowest BCUT2D eigenvalue weighted by molar-refractivity contribution is -0.156. The van der Waals surface area contributed by atoms with Gasteiger partial charge in [0.1, 0.15) is 5.60 Å². The van der Waals surface area contributed by atoms with Gasteiger partial charge in [0.25, 0.3) is 0 Å². The number of hydrogen-bond donors (Lipinski definition) is 0. The van der Waals surface area contributed by atoms with E-state index in [0.29, 0.717) is 17.0 Å². The summed E-state index contributed by atoms with van der Waals surface area (Å²) in [4.78, 5) is 37.2. The lowest BCUT2D eigenvalue weighted by Crippen LogP contribution is -2.42. The summed E-state index contributed by atoms with van der Waals surface area (Å²) < 4.78 is 10.1. The molecule has 0 amide bonds. The van der Waals surface area contributed by atoms with E-state index < -0.39 is 35.3 Å². The first-order chi connectivity index (χ1) is 11.2. The molecule has 0 radical (unpaired) electrons. The summed E-state index contributed by atoms with van der Waals surface area (Å²) in [7, 11) is 1.22. The summed E-state index contributed by atoms with van der Waals surface area (Å²) in [5.41, 5.74) is -0.441. The zero-order valence-electron chi connectivity index (χ0n) is 14.2. The number of cyclic esters (lactones) is 1. The molecule has 5 nitrogen and oxygen atoms in total. The molecule has 0 bridgehead atoms. The highest BCUT2D eigenvalue weighted by Crippen LogP contribution is 2.44. The van der Waals surface area contributed by atoms with E-state index in [-0.39, 0.29) is 5.78 Å². The van der Waals surface area contributed by atoms with Crippen LogP contribution in [0.25, 0.3) is 0 Å². The van der Waals surface area contributed by atoms with Crippen LogP contribution in [0.1, 0.15) is 37.6 Å². The zero-order valence-corrected chi connectivity index (χ0v) is 14.9. The normalized spacial score (nSPS) is 23.5. The standard InChI is InChI=1S/C18H21ClO5/c1-5-12(15(20)10-6-8-11(19)9-7-10)14-13(16(21)23-4)17(22)24-18(14,2)3/h6-9,12-14H,5H2,1-4H3. The first-order valence-corrected chi connectivity index (χ1v) is 8.21. The minimum absolute atomic E-state index is 0.139. The monoisotopic (exact) mass is 352 g/mol. The second kappa shape index (κ2) is 6.93. The number of ketones is 1. The Hall–Kier alpha value is -1.88. The van der Waals surface area contributed by atoms with Crippen LogP contribution in [0.2, 0.25) is 5.02 Å². The number of carbonyl (C=O) groups excluding carboxylic acids is 3. The van der Waals surface area contributed by atoms with Gasteiger partial charge in [-0.25, -0.2) is 0 Å². The van der Waals surface area contributed by atoms with Gasteiger partial charge in [-0.05, 0) is 44.5 Å². The van der Waals surface area contributed by atoms with E-state index >= 15 is 0 Å². The van der Waals surface area contributed by atoms with Crippen molar-refractivity contribution in [2.45, 2.75) is 32.8 Å². The highest BCUT2D eigenvalue weighted by molar-refractivity contribution is 6.30. The lowest BCUT2D eigenvalue weighted by Gasteiger charge is -2.32. The van der Waals surface area contributed by atoms with Crippen molar-refractivity contribution >= 4 is 29.3 Å². The lowest BCUT2D eigenvalue weighted by atomic mass is 9.70. The molecule has 0 aliphatic carbocycles. The Morgan fingerprint density at radius 2 is 1.88 bits per heavy atom.